The van der Waals surface area contributed by atoms with Crippen molar-refractivity contribution >= 4 is 27.6 Å². The highest BCUT2D eigenvalue weighted by Crippen LogP contribution is 2.34. The Hall–Kier alpha value is -3.41. The van der Waals surface area contributed by atoms with Crippen molar-refractivity contribution in [2.24, 2.45) is 7.05 Å². The quantitative estimate of drug-likeness (QED) is 0.548. The minimum atomic E-state index is -0.148. The monoisotopic (exact) mass is 400 g/mol. The topological polar surface area (TPSA) is 79.8 Å². The first kappa shape index (κ1) is 18.6. The first-order chi connectivity index (χ1) is 14.6. The number of H-pyrrole nitrogens is 1. The van der Waals surface area contributed by atoms with E-state index in [-0.39, 0.29) is 17.5 Å². The van der Waals surface area contributed by atoms with Crippen LogP contribution in [0.4, 0.5) is 0 Å². The van der Waals surface area contributed by atoms with Crippen molar-refractivity contribution in [3.63, 3.8) is 0 Å². The van der Waals surface area contributed by atoms with Crippen LogP contribution in [0.1, 0.15) is 47.7 Å². The summed E-state index contributed by atoms with van der Waals surface area (Å²) in [6.45, 7) is 0. The zero-order chi connectivity index (χ0) is 20.7. The van der Waals surface area contributed by atoms with E-state index in [0.717, 1.165) is 47.7 Å². The summed E-state index contributed by atoms with van der Waals surface area (Å²) in [6, 6.07) is 15.7. The molecule has 2 N–H and O–H groups in total. The lowest BCUT2D eigenvalue weighted by Gasteiger charge is -2.29. The molecule has 0 aliphatic heterocycles. The van der Waals surface area contributed by atoms with Crippen LogP contribution in [0.2, 0.25) is 0 Å². The van der Waals surface area contributed by atoms with E-state index >= 15 is 0 Å². The van der Waals surface area contributed by atoms with Crippen LogP contribution >= 0.6 is 0 Å². The SMILES string of the molecule is Cn1ccc2ccc(C(=O)NC3CCC(c4n[nH]c(=O)c5ccccc45)CC3)cc21. The van der Waals surface area contributed by atoms with Gasteiger partial charge < -0.3 is 9.88 Å². The van der Waals surface area contributed by atoms with Crippen LogP contribution in [0.5, 0.6) is 0 Å². The minimum Gasteiger partial charge on any atom is -0.351 e. The van der Waals surface area contributed by atoms with E-state index in [0.29, 0.717) is 16.9 Å². The van der Waals surface area contributed by atoms with Gasteiger partial charge in [-0.1, -0.05) is 24.3 Å². The fraction of sp³-hybridized carbons (Fsp3) is 0.292. The molecule has 0 unspecified atom stereocenters. The molecule has 2 heterocycles. The van der Waals surface area contributed by atoms with Crippen LogP contribution < -0.4 is 10.9 Å². The van der Waals surface area contributed by atoms with Crippen molar-refractivity contribution in [2.45, 2.75) is 37.6 Å². The van der Waals surface area contributed by atoms with Crippen molar-refractivity contribution in [1.82, 2.24) is 20.1 Å². The first-order valence-electron chi connectivity index (χ1n) is 10.4. The van der Waals surface area contributed by atoms with Gasteiger partial charge in [0.2, 0.25) is 0 Å². The van der Waals surface area contributed by atoms with Crippen molar-refractivity contribution in [1.29, 1.82) is 0 Å². The molecule has 5 rings (SSSR count). The molecule has 30 heavy (non-hydrogen) atoms. The highest BCUT2D eigenvalue weighted by atomic mass is 16.1. The molecule has 2 aromatic carbocycles. The van der Waals surface area contributed by atoms with Gasteiger partial charge in [0.25, 0.3) is 11.5 Å². The molecule has 6 heteroatoms. The van der Waals surface area contributed by atoms with E-state index in [1.54, 1.807) is 0 Å². The molecule has 0 bridgehead atoms. The van der Waals surface area contributed by atoms with Crippen LogP contribution in [0.15, 0.2) is 59.5 Å². The summed E-state index contributed by atoms with van der Waals surface area (Å²) < 4.78 is 2.03. The number of hydrogen-bond acceptors (Lipinski definition) is 3. The van der Waals surface area contributed by atoms with Gasteiger partial charge in [-0.3, -0.25) is 9.59 Å². The number of amides is 1. The lowest BCUT2D eigenvalue weighted by atomic mass is 9.82. The number of rotatable bonds is 3. The summed E-state index contributed by atoms with van der Waals surface area (Å²) in [4.78, 5) is 24.8. The lowest BCUT2D eigenvalue weighted by Crippen LogP contribution is -2.37. The molecule has 2 aromatic heterocycles. The molecule has 4 aromatic rings. The summed E-state index contributed by atoms with van der Waals surface area (Å²) in [6.07, 6.45) is 5.67. The van der Waals surface area contributed by atoms with Gasteiger partial charge in [0.15, 0.2) is 0 Å². The third-order valence-corrected chi connectivity index (χ3v) is 6.32. The van der Waals surface area contributed by atoms with Crippen molar-refractivity contribution in [3.8, 4) is 0 Å². The maximum absolute atomic E-state index is 12.8. The Morgan fingerprint density at radius 3 is 2.63 bits per heavy atom. The lowest BCUT2D eigenvalue weighted by molar-refractivity contribution is 0.0926. The Balaban J connectivity index is 1.28. The van der Waals surface area contributed by atoms with Crippen LogP contribution in [-0.2, 0) is 7.05 Å². The van der Waals surface area contributed by atoms with E-state index < -0.39 is 0 Å². The highest BCUT2D eigenvalue weighted by molar-refractivity contribution is 5.98. The molecule has 1 saturated carbocycles. The largest absolute Gasteiger partial charge is 0.351 e. The number of aryl methyl sites for hydroxylation is 1. The number of carbonyl (C=O) groups excluding carboxylic acids is 1. The van der Waals surface area contributed by atoms with Crippen LogP contribution in [-0.4, -0.2) is 26.7 Å². The van der Waals surface area contributed by atoms with Gasteiger partial charge in [-0.25, -0.2) is 5.10 Å². The van der Waals surface area contributed by atoms with Crippen molar-refractivity contribution < 1.29 is 4.79 Å². The summed E-state index contributed by atoms with van der Waals surface area (Å²) in [5.74, 6) is 0.272. The van der Waals surface area contributed by atoms with E-state index in [2.05, 4.69) is 15.5 Å². The number of nitrogens with one attached hydrogen (secondary N) is 2. The van der Waals surface area contributed by atoms with Gasteiger partial charge in [-0.2, -0.15) is 5.10 Å². The van der Waals surface area contributed by atoms with E-state index in [1.807, 2.05) is 66.3 Å². The molecular weight excluding hydrogens is 376 g/mol. The first-order valence-corrected chi connectivity index (χ1v) is 10.4. The molecule has 1 amide bonds. The van der Waals surface area contributed by atoms with Gasteiger partial charge in [-0.15, -0.1) is 0 Å². The van der Waals surface area contributed by atoms with E-state index in [1.165, 1.54) is 0 Å². The van der Waals surface area contributed by atoms with Crippen LogP contribution in [0.3, 0.4) is 0 Å². The normalized spacial score (nSPS) is 19.2. The predicted molar refractivity (Wildman–Crippen MR) is 118 cm³/mol. The molecule has 152 valence electrons. The Kier molecular flexibility index (Phi) is 4.62. The maximum Gasteiger partial charge on any atom is 0.272 e. The van der Waals surface area contributed by atoms with Crippen LogP contribution in [0.25, 0.3) is 21.7 Å². The summed E-state index contributed by atoms with van der Waals surface area (Å²) in [7, 11) is 1.99. The number of nitrogens with zero attached hydrogens (tertiary/aromatic N) is 2. The number of aromatic amines is 1. The van der Waals surface area contributed by atoms with Gasteiger partial charge in [0, 0.05) is 41.7 Å². The van der Waals surface area contributed by atoms with Crippen molar-refractivity contribution in [2.75, 3.05) is 0 Å². The van der Waals surface area contributed by atoms with Gasteiger partial charge in [-0.05, 0) is 55.3 Å². The molecule has 0 atom stereocenters. The van der Waals surface area contributed by atoms with E-state index in [9.17, 15) is 9.59 Å². The zero-order valence-electron chi connectivity index (χ0n) is 16.9. The third-order valence-electron chi connectivity index (χ3n) is 6.32. The van der Waals surface area contributed by atoms with Gasteiger partial charge >= 0.3 is 0 Å². The number of fused-ring (bicyclic) bond motifs is 2. The zero-order valence-corrected chi connectivity index (χ0v) is 16.9. The molecule has 6 nitrogen and oxygen atoms in total. The molecule has 0 saturated heterocycles. The molecule has 1 fully saturated rings. The molecule has 0 radical (unpaired) electrons. The summed E-state index contributed by atoms with van der Waals surface area (Å²) in [5.41, 5.74) is 2.57. The maximum atomic E-state index is 12.8. The second-order valence-electron chi connectivity index (χ2n) is 8.21. The number of aromatic nitrogens is 3. The second-order valence-corrected chi connectivity index (χ2v) is 8.21. The second kappa shape index (κ2) is 7.44. The predicted octanol–water partition coefficient (Wildman–Crippen LogP) is 3.87. The van der Waals surface area contributed by atoms with Gasteiger partial charge in [0.1, 0.15) is 0 Å². The average Bonchev–Trinajstić information content (AvgIpc) is 3.15. The fourth-order valence-electron chi connectivity index (χ4n) is 4.63. The van der Waals surface area contributed by atoms with Gasteiger partial charge in [0.05, 0.1) is 11.1 Å². The minimum absolute atomic E-state index is 0.0193. The number of hydrogen-bond donors (Lipinski definition) is 2. The number of benzene rings is 2. The molecule has 1 aliphatic rings. The average molecular weight is 400 g/mol. The Bertz CT molecular complexity index is 1300. The summed E-state index contributed by atoms with van der Waals surface area (Å²) >= 11 is 0. The smallest absolute Gasteiger partial charge is 0.272 e. The third kappa shape index (κ3) is 3.28. The van der Waals surface area contributed by atoms with Crippen LogP contribution in [0, 0.1) is 0 Å². The molecular formula is C24H24N4O2. The highest BCUT2D eigenvalue weighted by Gasteiger charge is 2.26. The Morgan fingerprint density at radius 1 is 1.07 bits per heavy atom. The van der Waals surface area contributed by atoms with E-state index in [4.69, 9.17) is 0 Å². The summed E-state index contributed by atoms with van der Waals surface area (Å²) in [5, 5.41) is 13.0. The van der Waals surface area contributed by atoms with Crippen molar-refractivity contribution in [3.05, 3.63) is 76.3 Å². The molecule has 1 aliphatic carbocycles. The Labute approximate surface area is 173 Å². The molecule has 0 spiro atoms. The Morgan fingerprint density at radius 2 is 1.83 bits per heavy atom. The standard InChI is InChI=1S/C24H24N4O2/c1-28-13-12-15-6-7-17(14-21(15)28)23(29)25-18-10-8-16(9-11-18)22-19-4-2-3-5-20(19)24(30)27-26-22/h2-7,12-14,16,18H,8-11H2,1H3,(H,25,29)(H,27,30). The fourth-order valence-corrected chi connectivity index (χ4v) is 4.63. The number of carbonyl (C=O) groups is 1.